The maximum absolute atomic E-state index is 6.38. The van der Waals surface area contributed by atoms with E-state index >= 15 is 0 Å². The van der Waals surface area contributed by atoms with Crippen molar-refractivity contribution in [2.45, 2.75) is 39.0 Å². The van der Waals surface area contributed by atoms with Gasteiger partial charge in [-0.25, -0.2) is 4.68 Å². The van der Waals surface area contributed by atoms with Crippen molar-refractivity contribution in [2.24, 2.45) is 0 Å². The molecule has 0 saturated carbocycles. The Morgan fingerprint density at radius 1 is 1.24 bits per heavy atom. The second kappa shape index (κ2) is 5.90. The molecule has 0 saturated heterocycles. The van der Waals surface area contributed by atoms with Crippen LogP contribution < -0.4 is 5.32 Å². The van der Waals surface area contributed by atoms with Crippen molar-refractivity contribution in [1.29, 1.82) is 0 Å². The third kappa shape index (κ3) is 2.65. The van der Waals surface area contributed by atoms with Gasteiger partial charge >= 0.3 is 0 Å². The quantitative estimate of drug-likeness (QED) is 0.837. The Morgan fingerprint density at radius 3 is 2.81 bits per heavy atom. The molecule has 0 amide bonds. The van der Waals surface area contributed by atoms with Crippen LogP contribution in [0.1, 0.15) is 43.9 Å². The zero-order chi connectivity index (χ0) is 15.0. The molecule has 1 aliphatic heterocycles. The van der Waals surface area contributed by atoms with E-state index in [4.69, 9.17) is 28.3 Å². The van der Waals surface area contributed by atoms with Crippen molar-refractivity contribution >= 4 is 29.0 Å². The molecule has 3 nitrogen and oxygen atoms in total. The van der Waals surface area contributed by atoms with Gasteiger partial charge in [-0.1, -0.05) is 43.1 Å². The lowest BCUT2D eigenvalue weighted by Crippen LogP contribution is -2.07. The molecule has 0 bridgehead atoms. The minimum atomic E-state index is 0.387. The van der Waals surface area contributed by atoms with Gasteiger partial charge in [0.15, 0.2) is 0 Å². The summed E-state index contributed by atoms with van der Waals surface area (Å²) in [7, 11) is 0. The molecule has 1 aromatic heterocycles. The van der Waals surface area contributed by atoms with Crippen molar-refractivity contribution in [3.05, 3.63) is 39.5 Å². The third-order valence-corrected chi connectivity index (χ3v) is 4.68. The standard InChI is InChI=1S/C16H19Cl2N3/c1-10(2)15-11-6-3-4-9-19-16(11)21(20-15)13-8-5-7-12(17)14(13)18/h5,7-8,10,19H,3-4,6,9H2,1-2H3. The fourth-order valence-electron chi connectivity index (χ4n) is 2.82. The molecule has 5 heteroatoms. The summed E-state index contributed by atoms with van der Waals surface area (Å²) < 4.78 is 1.92. The van der Waals surface area contributed by atoms with E-state index in [1.54, 1.807) is 6.07 Å². The molecule has 1 aliphatic rings. The van der Waals surface area contributed by atoms with Crippen molar-refractivity contribution in [3.63, 3.8) is 0 Å². The first kappa shape index (κ1) is 14.7. The summed E-state index contributed by atoms with van der Waals surface area (Å²) in [6.07, 6.45) is 3.43. The molecule has 3 rings (SSSR count). The highest BCUT2D eigenvalue weighted by molar-refractivity contribution is 6.43. The monoisotopic (exact) mass is 323 g/mol. The summed E-state index contributed by atoms with van der Waals surface area (Å²) in [5.74, 6) is 1.46. The molecule has 21 heavy (non-hydrogen) atoms. The first-order valence-corrected chi connectivity index (χ1v) is 8.15. The summed E-state index contributed by atoms with van der Waals surface area (Å²) >= 11 is 12.5. The predicted molar refractivity (Wildman–Crippen MR) is 89.1 cm³/mol. The van der Waals surface area contributed by atoms with Crippen LogP contribution in [-0.4, -0.2) is 16.3 Å². The van der Waals surface area contributed by atoms with E-state index in [0.29, 0.717) is 16.0 Å². The van der Waals surface area contributed by atoms with Gasteiger partial charge in [0, 0.05) is 12.1 Å². The molecule has 0 radical (unpaired) electrons. The summed E-state index contributed by atoms with van der Waals surface area (Å²) in [4.78, 5) is 0. The molecular formula is C16H19Cl2N3. The molecule has 2 aromatic rings. The van der Waals surface area contributed by atoms with Gasteiger partial charge in [-0.05, 0) is 37.3 Å². The SMILES string of the molecule is CC(C)c1nn(-c2cccc(Cl)c2Cl)c2c1CCCCN2. The maximum Gasteiger partial charge on any atom is 0.133 e. The highest BCUT2D eigenvalue weighted by Gasteiger charge is 2.23. The number of benzene rings is 1. The zero-order valence-corrected chi connectivity index (χ0v) is 13.8. The minimum Gasteiger partial charge on any atom is -0.370 e. The second-order valence-electron chi connectivity index (χ2n) is 5.74. The van der Waals surface area contributed by atoms with E-state index in [0.717, 1.165) is 30.2 Å². The summed E-state index contributed by atoms with van der Waals surface area (Å²) in [6.45, 7) is 5.32. The van der Waals surface area contributed by atoms with E-state index in [-0.39, 0.29) is 0 Å². The van der Waals surface area contributed by atoms with Crippen LogP contribution in [0.5, 0.6) is 0 Å². The summed E-state index contributed by atoms with van der Waals surface area (Å²) in [5, 5.41) is 9.43. The first-order chi connectivity index (χ1) is 10.1. The van der Waals surface area contributed by atoms with Crippen LogP contribution in [0.2, 0.25) is 10.0 Å². The van der Waals surface area contributed by atoms with E-state index in [1.807, 2.05) is 16.8 Å². The largest absolute Gasteiger partial charge is 0.370 e. The average Bonchev–Trinajstić information content (AvgIpc) is 2.65. The maximum atomic E-state index is 6.38. The first-order valence-electron chi connectivity index (χ1n) is 7.39. The number of halogens is 2. The molecule has 0 atom stereocenters. The number of nitrogens with zero attached hydrogens (tertiary/aromatic N) is 2. The number of hydrogen-bond acceptors (Lipinski definition) is 2. The number of aromatic nitrogens is 2. The van der Waals surface area contributed by atoms with Gasteiger partial charge in [0.1, 0.15) is 5.82 Å². The van der Waals surface area contributed by atoms with Crippen LogP contribution in [0.15, 0.2) is 18.2 Å². The van der Waals surface area contributed by atoms with Crippen molar-refractivity contribution in [3.8, 4) is 5.69 Å². The molecule has 0 unspecified atom stereocenters. The van der Waals surface area contributed by atoms with E-state index in [1.165, 1.54) is 18.4 Å². The van der Waals surface area contributed by atoms with Crippen LogP contribution in [0.3, 0.4) is 0 Å². The van der Waals surface area contributed by atoms with Gasteiger partial charge in [0.2, 0.25) is 0 Å². The van der Waals surface area contributed by atoms with Gasteiger partial charge in [-0.15, -0.1) is 0 Å². The van der Waals surface area contributed by atoms with E-state index in [9.17, 15) is 0 Å². The highest BCUT2D eigenvalue weighted by Crippen LogP contribution is 2.35. The fraction of sp³-hybridized carbons (Fsp3) is 0.438. The third-order valence-electron chi connectivity index (χ3n) is 3.87. The minimum absolute atomic E-state index is 0.387. The van der Waals surface area contributed by atoms with Crippen molar-refractivity contribution in [1.82, 2.24) is 9.78 Å². The second-order valence-corrected chi connectivity index (χ2v) is 6.52. The molecular weight excluding hydrogens is 305 g/mol. The normalized spacial score (nSPS) is 14.7. The van der Waals surface area contributed by atoms with E-state index < -0.39 is 0 Å². The van der Waals surface area contributed by atoms with Crippen LogP contribution in [0.4, 0.5) is 5.82 Å². The number of nitrogens with one attached hydrogen (secondary N) is 1. The van der Waals surface area contributed by atoms with Crippen molar-refractivity contribution in [2.75, 3.05) is 11.9 Å². The summed E-state index contributed by atoms with van der Waals surface area (Å²) in [5.41, 5.74) is 3.30. The Kier molecular flexibility index (Phi) is 4.14. The van der Waals surface area contributed by atoms with Crippen LogP contribution in [-0.2, 0) is 6.42 Å². The van der Waals surface area contributed by atoms with Gasteiger partial charge in [-0.3, -0.25) is 0 Å². The molecule has 112 valence electrons. The number of anilines is 1. The average molecular weight is 324 g/mol. The number of hydrogen-bond donors (Lipinski definition) is 1. The Bertz CT molecular complexity index is 662. The van der Waals surface area contributed by atoms with Gasteiger partial charge in [-0.2, -0.15) is 5.10 Å². The molecule has 0 aliphatic carbocycles. The molecule has 2 heterocycles. The predicted octanol–water partition coefficient (Wildman–Crippen LogP) is 5.05. The van der Waals surface area contributed by atoms with Crippen LogP contribution >= 0.6 is 23.2 Å². The topological polar surface area (TPSA) is 29.9 Å². The fourth-order valence-corrected chi connectivity index (χ4v) is 3.20. The lowest BCUT2D eigenvalue weighted by molar-refractivity contribution is 0.731. The summed E-state index contributed by atoms with van der Waals surface area (Å²) in [6, 6.07) is 5.66. The number of rotatable bonds is 2. The molecule has 0 fully saturated rings. The molecule has 0 spiro atoms. The Balaban J connectivity index is 2.21. The van der Waals surface area contributed by atoms with Crippen LogP contribution in [0, 0.1) is 0 Å². The Morgan fingerprint density at radius 2 is 2.05 bits per heavy atom. The highest BCUT2D eigenvalue weighted by atomic mass is 35.5. The molecule has 1 aromatic carbocycles. The van der Waals surface area contributed by atoms with E-state index in [2.05, 4.69) is 19.2 Å². The van der Waals surface area contributed by atoms with Crippen molar-refractivity contribution < 1.29 is 0 Å². The molecule has 1 N–H and O–H groups in total. The smallest absolute Gasteiger partial charge is 0.133 e. The van der Waals surface area contributed by atoms with Gasteiger partial charge < -0.3 is 5.32 Å². The Hall–Kier alpha value is -1.19. The van der Waals surface area contributed by atoms with Gasteiger partial charge in [0.05, 0.1) is 21.4 Å². The number of fused-ring (bicyclic) bond motifs is 1. The van der Waals surface area contributed by atoms with Crippen LogP contribution in [0.25, 0.3) is 5.69 Å². The lowest BCUT2D eigenvalue weighted by atomic mass is 10.0. The zero-order valence-electron chi connectivity index (χ0n) is 12.3. The van der Waals surface area contributed by atoms with Gasteiger partial charge in [0.25, 0.3) is 0 Å². The Labute approximate surface area is 135 Å². The lowest BCUT2D eigenvalue weighted by Gasteiger charge is -2.11.